The fourth-order valence-electron chi connectivity index (χ4n) is 2.89. The van der Waals surface area contributed by atoms with Crippen LogP contribution in [-0.2, 0) is 0 Å². The van der Waals surface area contributed by atoms with Crippen LogP contribution in [0.3, 0.4) is 0 Å². The summed E-state index contributed by atoms with van der Waals surface area (Å²) in [6, 6.07) is 5.72. The maximum Gasteiger partial charge on any atom is 0.252 e. The molecule has 1 fully saturated rings. The molecule has 0 spiro atoms. The van der Waals surface area contributed by atoms with Crippen molar-refractivity contribution in [3.05, 3.63) is 28.2 Å². The molecule has 1 aliphatic carbocycles. The van der Waals surface area contributed by atoms with Crippen molar-refractivity contribution in [3.63, 3.8) is 0 Å². The lowest BCUT2D eigenvalue weighted by molar-refractivity contribution is 0.0901. The lowest BCUT2D eigenvalue weighted by Crippen LogP contribution is -2.40. The van der Waals surface area contributed by atoms with E-state index in [0.717, 1.165) is 17.3 Å². The summed E-state index contributed by atoms with van der Waals surface area (Å²) >= 11 is 3.43. The molecule has 0 aliphatic heterocycles. The van der Waals surface area contributed by atoms with Gasteiger partial charge in [0.1, 0.15) is 5.75 Å². The number of halogens is 1. The molecular formula is C16H22BrNO2. The quantitative estimate of drug-likeness (QED) is 0.897. The number of hydrogen-bond acceptors (Lipinski definition) is 2. The van der Waals surface area contributed by atoms with Crippen LogP contribution < -0.4 is 10.1 Å². The van der Waals surface area contributed by atoms with Crippen LogP contribution in [0.4, 0.5) is 0 Å². The normalized spacial score (nSPS) is 21.3. The van der Waals surface area contributed by atoms with Crippen molar-refractivity contribution in [2.45, 2.75) is 45.6 Å². The average molecular weight is 340 g/mol. The van der Waals surface area contributed by atoms with E-state index in [9.17, 15) is 4.79 Å². The maximum atomic E-state index is 12.4. The molecule has 3 nitrogen and oxygen atoms in total. The number of hydrogen-bond donors (Lipinski definition) is 1. The predicted molar refractivity (Wildman–Crippen MR) is 84.2 cm³/mol. The minimum Gasteiger partial charge on any atom is -0.497 e. The topological polar surface area (TPSA) is 38.3 Å². The number of benzene rings is 1. The van der Waals surface area contributed by atoms with Gasteiger partial charge in [0.25, 0.3) is 5.91 Å². The minimum absolute atomic E-state index is 0.0292. The van der Waals surface area contributed by atoms with Gasteiger partial charge in [0, 0.05) is 10.5 Å². The molecule has 1 amide bonds. The first-order valence-electron chi connectivity index (χ1n) is 7.06. The molecule has 0 bridgehead atoms. The van der Waals surface area contributed by atoms with Crippen molar-refractivity contribution < 1.29 is 9.53 Å². The molecule has 20 heavy (non-hydrogen) atoms. The van der Waals surface area contributed by atoms with Crippen LogP contribution in [0, 0.1) is 5.41 Å². The Balaban J connectivity index is 2.08. The van der Waals surface area contributed by atoms with Crippen molar-refractivity contribution in [3.8, 4) is 5.75 Å². The third-order valence-corrected chi connectivity index (χ3v) is 4.65. The van der Waals surface area contributed by atoms with E-state index in [-0.39, 0.29) is 11.9 Å². The summed E-state index contributed by atoms with van der Waals surface area (Å²) in [5.74, 6) is 0.667. The molecule has 1 unspecified atom stereocenters. The molecule has 1 atom stereocenters. The molecule has 4 heteroatoms. The summed E-state index contributed by atoms with van der Waals surface area (Å²) in [5.41, 5.74) is 0.953. The Morgan fingerprint density at radius 3 is 2.85 bits per heavy atom. The number of nitrogens with one attached hydrogen (secondary N) is 1. The molecule has 0 aromatic heterocycles. The number of rotatable bonds is 3. The molecule has 1 aromatic rings. The lowest BCUT2D eigenvalue weighted by Gasteiger charge is -2.35. The average Bonchev–Trinajstić information content (AvgIpc) is 2.38. The second-order valence-electron chi connectivity index (χ2n) is 6.28. The third-order valence-electron chi connectivity index (χ3n) is 3.96. The molecule has 0 saturated heterocycles. The maximum absolute atomic E-state index is 12.4. The number of amides is 1. The Bertz CT molecular complexity index is 499. The molecule has 1 aliphatic rings. The Kier molecular flexibility index (Phi) is 4.74. The van der Waals surface area contributed by atoms with Gasteiger partial charge in [-0.25, -0.2) is 0 Å². The van der Waals surface area contributed by atoms with Crippen molar-refractivity contribution in [1.82, 2.24) is 5.32 Å². The van der Waals surface area contributed by atoms with Crippen LogP contribution in [0.1, 0.15) is 49.9 Å². The molecule has 2 rings (SSSR count). The van der Waals surface area contributed by atoms with Gasteiger partial charge in [-0.1, -0.05) is 20.3 Å². The molecule has 110 valence electrons. The molecule has 0 heterocycles. The first-order chi connectivity index (χ1) is 9.41. The standard InChI is InChI=1S/C16H22BrNO2/c1-16(2)8-4-5-11(10-16)18-15(19)13-9-12(20-3)6-7-14(13)17/h6-7,9,11H,4-5,8,10H2,1-3H3,(H,18,19). The van der Waals surface area contributed by atoms with E-state index >= 15 is 0 Å². The zero-order valence-corrected chi connectivity index (χ0v) is 13.9. The van der Waals surface area contributed by atoms with Crippen molar-refractivity contribution >= 4 is 21.8 Å². The van der Waals surface area contributed by atoms with Crippen LogP contribution in [0.25, 0.3) is 0 Å². The van der Waals surface area contributed by atoms with Gasteiger partial charge in [0.05, 0.1) is 12.7 Å². The number of carbonyl (C=O) groups is 1. The summed E-state index contributed by atoms with van der Waals surface area (Å²) in [6.45, 7) is 4.54. The summed E-state index contributed by atoms with van der Waals surface area (Å²) < 4.78 is 5.98. The van der Waals surface area contributed by atoms with Gasteiger partial charge in [-0.3, -0.25) is 4.79 Å². The third kappa shape index (κ3) is 3.75. The van der Waals surface area contributed by atoms with Gasteiger partial charge in [0.15, 0.2) is 0 Å². The highest BCUT2D eigenvalue weighted by molar-refractivity contribution is 9.10. The highest BCUT2D eigenvalue weighted by Gasteiger charge is 2.29. The van der Waals surface area contributed by atoms with Crippen LogP contribution in [0.15, 0.2) is 22.7 Å². The zero-order valence-electron chi connectivity index (χ0n) is 12.3. The number of methoxy groups -OCH3 is 1. The monoisotopic (exact) mass is 339 g/mol. The zero-order chi connectivity index (χ0) is 14.8. The van der Waals surface area contributed by atoms with E-state index in [0.29, 0.717) is 16.7 Å². The predicted octanol–water partition coefficient (Wildman–Crippen LogP) is 4.16. The van der Waals surface area contributed by atoms with E-state index in [4.69, 9.17) is 4.74 Å². The molecular weight excluding hydrogens is 318 g/mol. The number of carbonyl (C=O) groups excluding carboxylic acids is 1. The molecule has 1 saturated carbocycles. The second-order valence-corrected chi connectivity index (χ2v) is 7.13. The largest absolute Gasteiger partial charge is 0.497 e. The van der Waals surface area contributed by atoms with E-state index < -0.39 is 0 Å². The first kappa shape index (κ1) is 15.4. The van der Waals surface area contributed by atoms with Crippen LogP contribution in [0.2, 0.25) is 0 Å². The van der Waals surface area contributed by atoms with Gasteiger partial charge in [-0.05, 0) is 58.8 Å². The SMILES string of the molecule is COc1ccc(Br)c(C(=O)NC2CCCC(C)(C)C2)c1. The van der Waals surface area contributed by atoms with Gasteiger partial charge < -0.3 is 10.1 Å². The highest BCUT2D eigenvalue weighted by atomic mass is 79.9. The Morgan fingerprint density at radius 2 is 2.20 bits per heavy atom. The van der Waals surface area contributed by atoms with Gasteiger partial charge >= 0.3 is 0 Å². The van der Waals surface area contributed by atoms with Gasteiger partial charge in [-0.2, -0.15) is 0 Å². The van der Waals surface area contributed by atoms with Gasteiger partial charge in [0.2, 0.25) is 0 Å². The van der Waals surface area contributed by atoms with E-state index in [1.165, 1.54) is 12.8 Å². The summed E-state index contributed by atoms with van der Waals surface area (Å²) in [7, 11) is 1.61. The van der Waals surface area contributed by atoms with Crippen molar-refractivity contribution in [1.29, 1.82) is 0 Å². The number of ether oxygens (including phenoxy) is 1. The Labute approximate surface area is 129 Å². The van der Waals surface area contributed by atoms with E-state index in [1.807, 2.05) is 12.1 Å². The highest BCUT2D eigenvalue weighted by Crippen LogP contribution is 2.35. The fraction of sp³-hybridized carbons (Fsp3) is 0.562. The first-order valence-corrected chi connectivity index (χ1v) is 7.85. The smallest absolute Gasteiger partial charge is 0.252 e. The Morgan fingerprint density at radius 1 is 1.45 bits per heavy atom. The Hall–Kier alpha value is -1.03. The van der Waals surface area contributed by atoms with Gasteiger partial charge in [-0.15, -0.1) is 0 Å². The van der Waals surface area contributed by atoms with E-state index in [1.54, 1.807) is 13.2 Å². The van der Waals surface area contributed by atoms with Crippen molar-refractivity contribution in [2.24, 2.45) is 5.41 Å². The van der Waals surface area contributed by atoms with Crippen molar-refractivity contribution in [2.75, 3.05) is 7.11 Å². The summed E-state index contributed by atoms with van der Waals surface area (Å²) in [5, 5.41) is 3.16. The van der Waals surface area contributed by atoms with Crippen LogP contribution in [0.5, 0.6) is 5.75 Å². The summed E-state index contributed by atoms with van der Waals surface area (Å²) in [4.78, 5) is 12.4. The molecule has 0 radical (unpaired) electrons. The molecule has 1 aromatic carbocycles. The molecule has 1 N–H and O–H groups in total. The second kappa shape index (κ2) is 6.17. The van der Waals surface area contributed by atoms with E-state index in [2.05, 4.69) is 35.1 Å². The summed E-state index contributed by atoms with van der Waals surface area (Å²) in [6.07, 6.45) is 4.52. The van der Waals surface area contributed by atoms with Crippen LogP contribution >= 0.6 is 15.9 Å². The minimum atomic E-state index is -0.0292. The van der Waals surface area contributed by atoms with Crippen LogP contribution in [-0.4, -0.2) is 19.1 Å². The lowest BCUT2D eigenvalue weighted by atomic mass is 9.75. The fourth-order valence-corrected chi connectivity index (χ4v) is 3.32.